The van der Waals surface area contributed by atoms with E-state index in [4.69, 9.17) is 9.26 Å². The second kappa shape index (κ2) is 8.17. The Bertz CT molecular complexity index is 848. The van der Waals surface area contributed by atoms with Crippen molar-refractivity contribution in [3.8, 4) is 0 Å². The summed E-state index contributed by atoms with van der Waals surface area (Å²) in [6.45, 7) is 3.56. The van der Waals surface area contributed by atoms with Crippen molar-refractivity contribution in [2.75, 3.05) is 19.8 Å². The molecule has 7 heteroatoms. The van der Waals surface area contributed by atoms with Gasteiger partial charge in [0.05, 0.1) is 30.9 Å². The highest BCUT2D eigenvalue weighted by Crippen LogP contribution is 2.49. The van der Waals surface area contributed by atoms with Crippen LogP contribution in [0, 0.1) is 0 Å². The van der Waals surface area contributed by atoms with Crippen LogP contribution < -0.4 is 0 Å². The van der Waals surface area contributed by atoms with Crippen LogP contribution in [-0.2, 0) is 20.4 Å². The van der Waals surface area contributed by atoms with E-state index >= 15 is 0 Å². The molecule has 2 atom stereocenters. The molecule has 142 valence electrons. The molecule has 0 N–H and O–H groups in total. The van der Waals surface area contributed by atoms with E-state index in [1.54, 1.807) is 31.2 Å². The molecule has 2 amide bonds. The Hall–Kier alpha value is -2.27. The third kappa shape index (κ3) is 4.19. The van der Waals surface area contributed by atoms with Gasteiger partial charge in [0.2, 0.25) is 7.37 Å². The van der Waals surface area contributed by atoms with E-state index in [1.807, 2.05) is 30.3 Å². The minimum Gasteiger partial charge on any atom is -0.362 e. The van der Waals surface area contributed by atoms with E-state index in [2.05, 4.69) is 0 Å². The number of carbonyl (C=O) groups is 2. The standard InChI is InChI=1S/C20H22NO5P/c1-3-26-27(2,24)18(25-14-15-9-5-4-6-10-15)13-21-19(22)16-11-7-8-12-17(16)20(21)23/h4-12,18H,3,13-14H2,1-2H3. The van der Waals surface area contributed by atoms with Crippen molar-refractivity contribution in [3.05, 3.63) is 71.3 Å². The predicted molar refractivity (Wildman–Crippen MR) is 102 cm³/mol. The molecule has 0 radical (unpaired) electrons. The van der Waals surface area contributed by atoms with Gasteiger partial charge in [-0.2, -0.15) is 0 Å². The van der Waals surface area contributed by atoms with Crippen LogP contribution in [0.4, 0.5) is 0 Å². The zero-order valence-corrected chi connectivity index (χ0v) is 16.2. The summed E-state index contributed by atoms with van der Waals surface area (Å²) in [5.41, 5.74) is 1.61. The minimum absolute atomic E-state index is 0.118. The molecule has 1 heterocycles. The van der Waals surface area contributed by atoms with Crippen molar-refractivity contribution >= 4 is 19.2 Å². The summed E-state index contributed by atoms with van der Waals surface area (Å²) in [5, 5.41) is 0. The average Bonchev–Trinajstić information content (AvgIpc) is 2.90. The van der Waals surface area contributed by atoms with Gasteiger partial charge in [-0.3, -0.25) is 19.1 Å². The molecule has 0 bridgehead atoms. The lowest BCUT2D eigenvalue weighted by Gasteiger charge is -2.27. The van der Waals surface area contributed by atoms with Crippen LogP contribution in [0.15, 0.2) is 54.6 Å². The molecule has 1 aliphatic rings. The maximum Gasteiger partial charge on any atom is 0.261 e. The van der Waals surface area contributed by atoms with Gasteiger partial charge in [-0.1, -0.05) is 42.5 Å². The van der Waals surface area contributed by atoms with Gasteiger partial charge in [0.25, 0.3) is 11.8 Å². The molecule has 0 saturated heterocycles. The van der Waals surface area contributed by atoms with Crippen molar-refractivity contribution in [1.82, 2.24) is 4.90 Å². The van der Waals surface area contributed by atoms with E-state index in [1.165, 1.54) is 6.66 Å². The normalized spacial score (nSPS) is 16.9. The Balaban J connectivity index is 1.80. The molecule has 0 spiro atoms. The largest absolute Gasteiger partial charge is 0.362 e. The number of hydrogen-bond acceptors (Lipinski definition) is 5. The summed E-state index contributed by atoms with van der Waals surface area (Å²) >= 11 is 0. The van der Waals surface area contributed by atoms with Gasteiger partial charge < -0.3 is 9.26 Å². The topological polar surface area (TPSA) is 72.9 Å². The van der Waals surface area contributed by atoms with E-state index in [9.17, 15) is 14.2 Å². The van der Waals surface area contributed by atoms with Gasteiger partial charge >= 0.3 is 0 Å². The van der Waals surface area contributed by atoms with Crippen molar-refractivity contribution < 1.29 is 23.4 Å². The minimum atomic E-state index is -3.21. The molecule has 2 aromatic rings. The quantitative estimate of drug-likeness (QED) is 0.509. The number of nitrogens with zero attached hydrogens (tertiary/aromatic N) is 1. The van der Waals surface area contributed by atoms with E-state index in [0.29, 0.717) is 11.1 Å². The van der Waals surface area contributed by atoms with Crippen LogP contribution in [0.3, 0.4) is 0 Å². The smallest absolute Gasteiger partial charge is 0.261 e. The molecule has 1 aliphatic heterocycles. The van der Waals surface area contributed by atoms with Crippen LogP contribution in [0.5, 0.6) is 0 Å². The molecule has 0 fully saturated rings. The Morgan fingerprint density at radius 1 is 0.963 bits per heavy atom. The van der Waals surface area contributed by atoms with Gasteiger partial charge in [-0.05, 0) is 24.6 Å². The fourth-order valence-corrected chi connectivity index (χ4v) is 4.49. The van der Waals surface area contributed by atoms with Gasteiger partial charge in [0, 0.05) is 6.66 Å². The summed E-state index contributed by atoms with van der Waals surface area (Å²) in [4.78, 5) is 26.3. The zero-order chi connectivity index (χ0) is 19.4. The molecule has 2 aromatic carbocycles. The van der Waals surface area contributed by atoms with Gasteiger partial charge in [0.15, 0.2) is 5.85 Å². The van der Waals surface area contributed by atoms with Crippen molar-refractivity contribution in [3.63, 3.8) is 0 Å². The Morgan fingerprint density at radius 2 is 1.52 bits per heavy atom. The summed E-state index contributed by atoms with van der Waals surface area (Å²) in [6, 6.07) is 16.1. The fourth-order valence-electron chi connectivity index (χ4n) is 3.00. The van der Waals surface area contributed by atoms with Gasteiger partial charge in [-0.25, -0.2) is 0 Å². The number of rotatable bonds is 8. The maximum absolute atomic E-state index is 13.0. The van der Waals surface area contributed by atoms with Crippen LogP contribution in [0.25, 0.3) is 0 Å². The highest BCUT2D eigenvalue weighted by Gasteiger charge is 2.40. The van der Waals surface area contributed by atoms with Gasteiger partial charge in [-0.15, -0.1) is 0 Å². The van der Waals surface area contributed by atoms with E-state index in [-0.39, 0.29) is 19.8 Å². The first-order chi connectivity index (χ1) is 12.9. The molecule has 3 rings (SSSR count). The molecule has 6 nitrogen and oxygen atoms in total. The molecular formula is C20H22NO5P. The molecule has 27 heavy (non-hydrogen) atoms. The van der Waals surface area contributed by atoms with Crippen LogP contribution in [0.1, 0.15) is 33.2 Å². The number of imide groups is 1. The van der Waals surface area contributed by atoms with Crippen LogP contribution in [-0.4, -0.2) is 42.4 Å². The summed E-state index contributed by atoms with van der Waals surface area (Å²) < 4.78 is 24.3. The van der Waals surface area contributed by atoms with Crippen LogP contribution >= 0.6 is 7.37 Å². The van der Waals surface area contributed by atoms with Crippen LogP contribution in [0.2, 0.25) is 0 Å². The fraction of sp³-hybridized carbons (Fsp3) is 0.300. The number of carbonyl (C=O) groups excluding carboxylic acids is 2. The van der Waals surface area contributed by atoms with Gasteiger partial charge in [0.1, 0.15) is 0 Å². The lowest BCUT2D eigenvalue weighted by Crippen LogP contribution is -2.38. The lowest BCUT2D eigenvalue weighted by molar-refractivity contribution is 0.0414. The van der Waals surface area contributed by atoms with Crippen molar-refractivity contribution in [2.45, 2.75) is 19.4 Å². The second-order valence-electron chi connectivity index (χ2n) is 6.34. The van der Waals surface area contributed by atoms with E-state index in [0.717, 1.165) is 10.5 Å². The highest BCUT2D eigenvalue weighted by atomic mass is 31.2. The molecule has 0 aliphatic carbocycles. The Kier molecular flexibility index (Phi) is 5.90. The Labute approximate surface area is 158 Å². The number of ether oxygens (including phenoxy) is 1. The predicted octanol–water partition coefficient (Wildman–Crippen LogP) is 3.77. The first kappa shape index (κ1) is 19.5. The first-order valence-corrected chi connectivity index (χ1v) is 10.9. The molecule has 0 aromatic heterocycles. The molecule has 2 unspecified atom stereocenters. The highest BCUT2D eigenvalue weighted by molar-refractivity contribution is 7.58. The van der Waals surface area contributed by atoms with E-state index < -0.39 is 25.0 Å². The number of hydrogen-bond donors (Lipinski definition) is 0. The maximum atomic E-state index is 13.0. The number of benzene rings is 2. The Morgan fingerprint density at radius 3 is 2.07 bits per heavy atom. The third-order valence-corrected chi connectivity index (χ3v) is 6.54. The molecular weight excluding hydrogens is 365 g/mol. The lowest BCUT2D eigenvalue weighted by atomic mass is 10.1. The average molecular weight is 387 g/mol. The summed E-state index contributed by atoms with van der Waals surface area (Å²) in [6.07, 6.45) is 0. The second-order valence-corrected chi connectivity index (χ2v) is 9.00. The first-order valence-electron chi connectivity index (χ1n) is 8.76. The summed E-state index contributed by atoms with van der Waals surface area (Å²) in [5.74, 6) is -1.71. The number of fused-ring (bicyclic) bond motifs is 1. The van der Waals surface area contributed by atoms with Crippen molar-refractivity contribution in [1.29, 1.82) is 0 Å². The zero-order valence-electron chi connectivity index (χ0n) is 15.3. The summed E-state index contributed by atoms with van der Waals surface area (Å²) in [7, 11) is -3.21. The molecule has 0 saturated carbocycles. The third-order valence-electron chi connectivity index (χ3n) is 4.41. The number of amides is 2. The van der Waals surface area contributed by atoms with Crippen molar-refractivity contribution in [2.24, 2.45) is 0 Å². The monoisotopic (exact) mass is 387 g/mol. The SMILES string of the molecule is CCOP(C)(=O)C(CN1C(=O)c2ccccc2C1=O)OCc1ccccc1.